The molecule has 0 aromatic heterocycles. The highest BCUT2D eigenvalue weighted by Gasteiger charge is 2.15. The van der Waals surface area contributed by atoms with Crippen LogP contribution in [0.15, 0.2) is 0 Å². The van der Waals surface area contributed by atoms with E-state index in [4.69, 9.17) is 5.11 Å². The summed E-state index contributed by atoms with van der Waals surface area (Å²) in [5.41, 5.74) is 0. The first-order valence-electron chi connectivity index (χ1n) is 3.42. The Hall–Kier alpha value is -0.450. The van der Waals surface area contributed by atoms with Gasteiger partial charge in [-0.1, -0.05) is 0 Å². The Morgan fingerprint density at radius 2 is 2.10 bits per heavy atom. The number of carbonyl (C=O) groups is 1. The zero-order chi connectivity index (χ0) is 7.40. The second kappa shape index (κ2) is 3.65. The number of aliphatic hydroxyl groups is 1. The standard InChI is InChI=1S/C6H12N2O2/c9-5-6(10)8-3-1-7-2-4-8/h5-7,10H,1-4H2. The summed E-state index contributed by atoms with van der Waals surface area (Å²) in [5.74, 6) is 0. The van der Waals surface area contributed by atoms with Crippen LogP contribution in [0.1, 0.15) is 0 Å². The van der Waals surface area contributed by atoms with Gasteiger partial charge in [0.15, 0.2) is 12.5 Å². The van der Waals surface area contributed by atoms with Crippen LogP contribution in [-0.4, -0.2) is 48.7 Å². The average Bonchev–Trinajstić information content (AvgIpc) is 2.05. The van der Waals surface area contributed by atoms with Crippen LogP contribution in [0.5, 0.6) is 0 Å². The minimum atomic E-state index is -0.901. The number of aldehydes is 1. The summed E-state index contributed by atoms with van der Waals surface area (Å²) >= 11 is 0. The van der Waals surface area contributed by atoms with Gasteiger partial charge in [-0.15, -0.1) is 0 Å². The maximum absolute atomic E-state index is 10.1. The van der Waals surface area contributed by atoms with Crippen molar-refractivity contribution in [3.05, 3.63) is 0 Å². The van der Waals surface area contributed by atoms with E-state index < -0.39 is 6.23 Å². The first-order chi connectivity index (χ1) is 4.84. The van der Waals surface area contributed by atoms with Crippen molar-refractivity contribution in [2.45, 2.75) is 6.23 Å². The summed E-state index contributed by atoms with van der Waals surface area (Å²) < 4.78 is 0. The number of hydrogen-bond donors (Lipinski definition) is 2. The molecule has 2 N–H and O–H groups in total. The molecule has 1 fully saturated rings. The van der Waals surface area contributed by atoms with Gasteiger partial charge < -0.3 is 10.4 Å². The van der Waals surface area contributed by atoms with E-state index in [1.165, 1.54) is 0 Å². The number of piperazine rings is 1. The van der Waals surface area contributed by atoms with Crippen molar-refractivity contribution in [1.29, 1.82) is 0 Å². The predicted octanol–water partition coefficient (Wildman–Crippen LogP) is -1.59. The summed E-state index contributed by atoms with van der Waals surface area (Å²) in [5, 5.41) is 12.1. The van der Waals surface area contributed by atoms with Crippen LogP contribution in [0.2, 0.25) is 0 Å². The topological polar surface area (TPSA) is 52.6 Å². The Kier molecular flexibility index (Phi) is 2.80. The second-order valence-electron chi connectivity index (χ2n) is 2.34. The third kappa shape index (κ3) is 1.76. The molecule has 1 atom stereocenters. The molecule has 10 heavy (non-hydrogen) atoms. The normalized spacial score (nSPS) is 24.1. The maximum atomic E-state index is 10.1. The Balaban J connectivity index is 2.30. The first kappa shape index (κ1) is 7.65. The van der Waals surface area contributed by atoms with Crippen molar-refractivity contribution in [1.82, 2.24) is 10.2 Å². The van der Waals surface area contributed by atoms with E-state index in [2.05, 4.69) is 5.32 Å². The number of carbonyl (C=O) groups excluding carboxylic acids is 1. The minimum absolute atomic E-state index is 0.561. The van der Waals surface area contributed by atoms with Gasteiger partial charge in [0.05, 0.1) is 0 Å². The summed E-state index contributed by atoms with van der Waals surface area (Å²) in [6.07, 6.45) is -0.340. The van der Waals surface area contributed by atoms with Crippen LogP contribution in [0, 0.1) is 0 Å². The molecule has 1 rings (SSSR count). The predicted molar refractivity (Wildman–Crippen MR) is 36.5 cm³/mol. The molecule has 0 bridgehead atoms. The maximum Gasteiger partial charge on any atom is 0.164 e. The van der Waals surface area contributed by atoms with Gasteiger partial charge in [0.1, 0.15) is 0 Å². The molecule has 1 aliphatic rings. The van der Waals surface area contributed by atoms with Gasteiger partial charge in [-0.05, 0) is 0 Å². The molecule has 4 nitrogen and oxygen atoms in total. The molecule has 0 aromatic rings. The van der Waals surface area contributed by atoms with E-state index in [1.807, 2.05) is 0 Å². The molecule has 1 heterocycles. The zero-order valence-electron chi connectivity index (χ0n) is 5.79. The van der Waals surface area contributed by atoms with E-state index in [0.717, 1.165) is 26.2 Å². The van der Waals surface area contributed by atoms with Gasteiger partial charge in [0, 0.05) is 26.2 Å². The lowest BCUT2D eigenvalue weighted by Gasteiger charge is -2.28. The monoisotopic (exact) mass is 144 g/mol. The fourth-order valence-electron chi connectivity index (χ4n) is 1.03. The fraction of sp³-hybridized carbons (Fsp3) is 0.833. The van der Waals surface area contributed by atoms with Gasteiger partial charge in [0.25, 0.3) is 0 Å². The summed E-state index contributed by atoms with van der Waals surface area (Å²) in [4.78, 5) is 11.8. The molecule has 0 radical (unpaired) electrons. The Morgan fingerprint density at radius 1 is 1.50 bits per heavy atom. The van der Waals surface area contributed by atoms with E-state index >= 15 is 0 Å². The second-order valence-corrected chi connectivity index (χ2v) is 2.34. The van der Waals surface area contributed by atoms with E-state index in [1.54, 1.807) is 4.90 Å². The van der Waals surface area contributed by atoms with Gasteiger partial charge in [-0.3, -0.25) is 9.69 Å². The lowest BCUT2D eigenvalue weighted by Crippen LogP contribution is -2.48. The number of hydrogen-bond acceptors (Lipinski definition) is 4. The van der Waals surface area contributed by atoms with Crippen LogP contribution in [0.25, 0.3) is 0 Å². The minimum Gasteiger partial charge on any atom is -0.371 e. The number of nitrogens with one attached hydrogen (secondary N) is 1. The van der Waals surface area contributed by atoms with Crippen molar-refractivity contribution < 1.29 is 9.90 Å². The zero-order valence-corrected chi connectivity index (χ0v) is 5.79. The average molecular weight is 144 g/mol. The lowest BCUT2D eigenvalue weighted by molar-refractivity contribution is -0.124. The molecule has 58 valence electrons. The molecule has 1 saturated heterocycles. The molecule has 4 heteroatoms. The third-order valence-corrected chi connectivity index (χ3v) is 1.65. The SMILES string of the molecule is O=CC(O)N1CCNCC1. The quantitative estimate of drug-likeness (QED) is 0.459. The van der Waals surface area contributed by atoms with Crippen molar-refractivity contribution in [3.8, 4) is 0 Å². The highest BCUT2D eigenvalue weighted by atomic mass is 16.3. The molecule has 0 amide bonds. The summed E-state index contributed by atoms with van der Waals surface area (Å²) in [6, 6.07) is 0. The van der Waals surface area contributed by atoms with E-state index in [9.17, 15) is 4.79 Å². The van der Waals surface area contributed by atoms with Crippen molar-refractivity contribution in [2.75, 3.05) is 26.2 Å². The van der Waals surface area contributed by atoms with E-state index in [0.29, 0.717) is 6.29 Å². The van der Waals surface area contributed by atoms with Gasteiger partial charge in [-0.25, -0.2) is 0 Å². The van der Waals surface area contributed by atoms with E-state index in [-0.39, 0.29) is 0 Å². The number of nitrogens with zero attached hydrogens (tertiary/aromatic N) is 1. The molecule has 0 aromatic carbocycles. The van der Waals surface area contributed by atoms with Crippen LogP contribution >= 0.6 is 0 Å². The first-order valence-corrected chi connectivity index (χ1v) is 3.42. The van der Waals surface area contributed by atoms with Crippen molar-refractivity contribution in [2.24, 2.45) is 0 Å². The third-order valence-electron chi connectivity index (χ3n) is 1.65. The molecule has 1 aliphatic heterocycles. The number of aliphatic hydroxyl groups excluding tert-OH is 1. The van der Waals surface area contributed by atoms with Gasteiger partial charge in [-0.2, -0.15) is 0 Å². The lowest BCUT2D eigenvalue weighted by atomic mass is 10.3. The van der Waals surface area contributed by atoms with Gasteiger partial charge >= 0.3 is 0 Å². The molecule has 0 spiro atoms. The van der Waals surface area contributed by atoms with Crippen LogP contribution in [0.4, 0.5) is 0 Å². The molecular formula is C6H12N2O2. The van der Waals surface area contributed by atoms with Crippen LogP contribution in [0.3, 0.4) is 0 Å². The van der Waals surface area contributed by atoms with Crippen molar-refractivity contribution in [3.63, 3.8) is 0 Å². The highest BCUT2D eigenvalue weighted by Crippen LogP contribution is 1.94. The summed E-state index contributed by atoms with van der Waals surface area (Å²) in [7, 11) is 0. The van der Waals surface area contributed by atoms with Gasteiger partial charge in [0.2, 0.25) is 0 Å². The largest absolute Gasteiger partial charge is 0.371 e. The smallest absolute Gasteiger partial charge is 0.164 e. The van der Waals surface area contributed by atoms with Crippen molar-refractivity contribution >= 4 is 6.29 Å². The highest BCUT2D eigenvalue weighted by molar-refractivity contribution is 5.54. The summed E-state index contributed by atoms with van der Waals surface area (Å²) in [6.45, 7) is 3.20. The Bertz CT molecular complexity index is 112. The van der Waals surface area contributed by atoms with Crippen LogP contribution < -0.4 is 5.32 Å². The Morgan fingerprint density at radius 3 is 2.60 bits per heavy atom. The van der Waals surface area contributed by atoms with Crippen LogP contribution in [-0.2, 0) is 4.79 Å². The molecular weight excluding hydrogens is 132 g/mol. The Labute approximate surface area is 59.8 Å². The molecule has 0 aliphatic carbocycles. The fourth-order valence-corrected chi connectivity index (χ4v) is 1.03. The number of rotatable bonds is 2. The molecule has 1 unspecified atom stereocenters. The molecule has 0 saturated carbocycles.